The summed E-state index contributed by atoms with van der Waals surface area (Å²) < 4.78 is 5.25. The largest absolute Gasteiger partial charge is 0.495 e. The normalized spacial score (nSPS) is 10.1. The Kier molecular flexibility index (Phi) is 5.89. The van der Waals surface area contributed by atoms with Crippen LogP contribution in [0.1, 0.15) is 18.1 Å². The van der Waals surface area contributed by atoms with Crippen LogP contribution in [0, 0.1) is 6.92 Å². The number of aryl methyl sites for hydroxylation is 1. The lowest BCUT2D eigenvalue weighted by atomic mass is 10.2. The van der Waals surface area contributed by atoms with Crippen LogP contribution in [0.2, 0.25) is 0 Å². The standard InChI is InChI=1S/C18H21N3O3/c1-13-4-5-17(24-3)16(10-13)20-18(23)12-21(14(2)22)11-15-6-8-19-9-7-15/h4-10H,11-12H2,1-3H3,(H,20,23). The van der Waals surface area contributed by atoms with Gasteiger partial charge in [-0.3, -0.25) is 14.6 Å². The second kappa shape index (κ2) is 8.10. The molecule has 24 heavy (non-hydrogen) atoms. The number of nitrogens with one attached hydrogen (secondary N) is 1. The van der Waals surface area contributed by atoms with Gasteiger partial charge in [0.25, 0.3) is 0 Å². The quantitative estimate of drug-likeness (QED) is 0.884. The molecule has 0 saturated carbocycles. The molecule has 0 fully saturated rings. The number of anilines is 1. The van der Waals surface area contributed by atoms with Gasteiger partial charge in [-0.25, -0.2) is 0 Å². The van der Waals surface area contributed by atoms with E-state index >= 15 is 0 Å². The summed E-state index contributed by atoms with van der Waals surface area (Å²) >= 11 is 0. The fourth-order valence-corrected chi connectivity index (χ4v) is 2.27. The van der Waals surface area contributed by atoms with E-state index in [1.165, 1.54) is 11.8 Å². The molecule has 0 atom stereocenters. The first-order valence-electron chi connectivity index (χ1n) is 7.58. The summed E-state index contributed by atoms with van der Waals surface area (Å²) in [5, 5.41) is 2.80. The van der Waals surface area contributed by atoms with Crippen molar-refractivity contribution in [2.45, 2.75) is 20.4 Å². The van der Waals surface area contributed by atoms with Crippen molar-refractivity contribution in [3.8, 4) is 5.75 Å². The van der Waals surface area contributed by atoms with E-state index in [0.29, 0.717) is 18.0 Å². The van der Waals surface area contributed by atoms with Crippen molar-refractivity contribution in [2.75, 3.05) is 19.0 Å². The van der Waals surface area contributed by atoms with Gasteiger partial charge in [-0.1, -0.05) is 6.07 Å². The molecule has 0 saturated heterocycles. The van der Waals surface area contributed by atoms with E-state index in [2.05, 4.69) is 10.3 Å². The summed E-state index contributed by atoms with van der Waals surface area (Å²) in [6.07, 6.45) is 3.32. The summed E-state index contributed by atoms with van der Waals surface area (Å²) in [4.78, 5) is 29.6. The number of methoxy groups -OCH3 is 1. The molecular formula is C18H21N3O3. The molecule has 1 aromatic carbocycles. The van der Waals surface area contributed by atoms with Crippen LogP contribution in [0.5, 0.6) is 5.75 Å². The highest BCUT2D eigenvalue weighted by Gasteiger charge is 2.15. The van der Waals surface area contributed by atoms with Crippen molar-refractivity contribution in [3.63, 3.8) is 0 Å². The van der Waals surface area contributed by atoms with Gasteiger partial charge in [-0.05, 0) is 42.3 Å². The fraction of sp³-hybridized carbons (Fsp3) is 0.278. The summed E-state index contributed by atoms with van der Waals surface area (Å²) in [5.74, 6) is 0.138. The van der Waals surface area contributed by atoms with Gasteiger partial charge in [0, 0.05) is 25.9 Å². The van der Waals surface area contributed by atoms with Gasteiger partial charge in [0.05, 0.1) is 12.8 Å². The molecule has 1 heterocycles. The van der Waals surface area contributed by atoms with Crippen LogP contribution in [0.3, 0.4) is 0 Å². The molecule has 1 N–H and O–H groups in total. The molecular weight excluding hydrogens is 306 g/mol. The number of hydrogen-bond acceptors (Lipinski definition) is 4. The van der Waals surface area contributed by atoms with Gasteiger partial charge in [-0.15, -0.1) is 0 Å². The third-order valence-electron chi connectivity index (χ3n) is 3.53. The van der Waals surface area contributed by atoms with Crippen molar-refractivity contribution < 1.29 is 14.3 Å². The fourth-order valence-electron chi connectivity index (χ4n) is 2.27. The molecule has 2 aromatic rings. The predicted octanol–water partition coefficient (Wildman–Crippen LogP) is 2.39. The van der Waals surface area contributed by atoms with E-state index in [9.17, 15) is 9.59 Å². The maximum Gasteiger partial charge on any atom is 0.244 e. The minimum atomic E-state index is -0.275. The Balaban J connectivity index is 2.06. The van der Waals surface area contributed by atoms with E-state index in [0.717, 1.165) is 11.1 Å². The van der Waals surface area contributed by atoms with Crippen LogP contribution >= 0.6 is 0 Å². The SMILES string of the molecule is COc1ccc(C)cc1NC(=O)CN(Cc1ccncc1)C(C)=O. The Morgan fingerprint density at radius 3 is 2.54 bits per heavy atom. The number of ether oxygens (including phenoxy) is 1. The highest BCUT2D eigenvalue weighted by Crippen LogP contribution is 2.25. The van der Waals surface area contributed by atoms with Gasteiger partial charge in [0.2, 0.25) is 11.8 Å². The zero-order valence-electron chi connectivity index (χ0n) is 14.1. The number of carbonyl (C=O) groups is 2. The zero-order valence-corrected chi connectivity index (χ0v) is 14.1. The lowest BCUT2D eigenvalue weighted by Gasteiger charge is -2.21. The van der Waals surface area contributed by atoms with Crippen molar-refractivity contribution in [2.24, 2.45) is 0 Å². The molecule has 6 heteroatoms. The molecule has 0 aliphatic carbocycles. The summed E-state index contributed by atoms with van der Waals surface area (Å²) in [6.45, 7) is 3.70. The van der Waals surface area contributed by atoms with E-state index in [1.807, 2.05) is 31.2 Å². The van der Waals surface area contributed by atoms with Crippen LogP contribution in [-0.2, 0) is 16.1 Å². The molecule has 1 aromatic heterocycles. The molecule has 0 unspecified atom stereocenters. The lowest BCUT2D eigenvalue weighted by Crippen LogP contribution is -2.36. The first-order valence-corrected chi connectivity index (χ1v) is 7.58. The summed E-state index contributed by atoms with van der Waals surface area (Å²) in [5.41, 5.74) is 2.52. The van der Waals surface area contributed by atoms with Crippen molar-refractivity contribution >= 4 is 17.5 Å². The molecule has 0 aliphatic heterocycles. The molecule has 2 amide bonds. The molecule has 126 valence electrons. The topological polar surface area (TPSA) is 71.5 Å². The number of amides is 2. The minimum absolute atomic E-state index is 0.0330. The maximum atomic E-state index is 12.3. The second-order valence-electron chi connectivity index (χ2n) is 5.48. The Bertz CT molecular complexity index is 717. The molecule has 0 radical (unpaired) electrons. The maximum absolute atomic E-state index is 12.3. The number of carbonyl (C=O) groups excluding carboxylic acids is 2. The lowest BCUT2D eigenvalue weighted by molar-refractivity contribution is -0.133. The van der Waals surface area contributed by atoms with Crippen LogP contribution in [0.15, 0.2) is 42.7 Å². The van der Waals surface area contributed by atoms with Crippen LogP contribution in [-0.4, -0.2) is 35.4 Å². The minimum Gasteiger partial charge on any atom is -0.495 e. The van der Waals surface area contributed by atoms with Crippen LogP contribution in [0.4, 0.5) is 5.69 Å². The van der Waals surface area contributed by atoms with Gasteiger partial charge in [0.15, 0.2) is 0 Å². The van der Waals surface area contributed by atoms with E-state index in [-0.39, 0.29) is 18.4 Å². The Hall–Kier alpha value is -2.89. The molecule has 0 bridgehead atoms. The average molecular weight is 327 g/mol. The molecule has 6 nitrogen and oxygen atoms in total. The molecule has 0 spiro atoms. The van der Waals surface area contributed by atoms with Gasteiger partial charge in [0.1, 0.15) is 12.3 Å². The highest BCUT2D eigenvalue weighted by molar-refractivity contribution is 5.95. The molecule has 0 aliphatic rings. The number of hydrogen-bond donors (Lipinski definition) is 1. The van der Waals surface area contributed by atoms with Crippen molar-refractivity contribution in [3.05, 3.63) is 53.9 Å². The smallest absolute Gasteiger partial charge is 0.244 e. The van der Waals surface area contributed by atoms with Crippen molar-refractivity contribution in [1.29, 1.82) is 0 Å². The summed E-state index contributed by atoms with van der Waals surface area (Å²) in [7, 11) is 1.55. The Labute approximate surface area is 141 Å². The number of aromatic nitrogens is 1. The Morgan fingerprint density at radius 2 is 1.92 bits per heavy atom. The van der Waals surface area contributed by atoms with Crippen LogP contribution < -0.4 is 10.1 Å². The van der Waals surface area contributed by atoms with Gasteiger partial charge < -0.3 is 15.0 Å². The van der Waals surface area contributed by atoms with Gasteiger partial charge >= 0.3 is 0 Å². The third kappa shape index (κ3) is 4.81. The van der Waals surface area contributed by atoms with Gasteiger partial charge in [-0.2, -0.15) is 0 Å². The Morgan fingerprint density at radius 1 is 1.21 bits per heavy atom. The predicted molar refractivity (Wildman–Crippen MR) is 91.7 cm³/mol. The molecule has 2 rings (SSSR count). The number of pyridine rings is 1. The van der Waals surface area contributed by atoms with E-state index < -0.39 is 0 Å². The monoisotopic (exact) mass is 327 g/mol. The summed E-state index contributed by atoms with van der Waals surface area (Å²) in [6, 6.07) is 9.16. The van der Waals surface area contributed by atoms with Crippen molar-refractivity contribution in [1.82, 2.24) is 9.88 Å². The highest BCUT2D eigenvalue weighted by atomic mass is 16.5. The third-order valence-corrected chi connectivity index (χ3v) is 3.53. The second-order valence-corrected chi connectivity index (χ2v) is 5.48. The van der Waals surface area contributed by atoms with E-state index in [4.69, 9.17) is 4.74 Å². The number of nitrogens with zero attached hydrogens (tertiary/aromatic N) is 2. The zero-order chi connectivity index (χ0) is 17.5. The number of rotatable bonds is 6. The van der Waals surface area contributed by atoms with Crippen LogP contribution in [0.25, 0.3) is 0 Å². The first-order chi connectivity index (χ1) is 11.5. The first kappa shape index (κ1) is 17.5. The van der Waals surface area contributed by atoms with E-state index in [1.54, 1.807) is 25.6 Å². The average Bonchev–Trinajstić information content (AvgIpc) is 2.55. The number of benzene rings is 1.